The Morgan fingerprint density at radius 2 is 1.82 bits per heavy atom. The van der Waals surface area contributed by atoms with Crippen molar-refractivity contribution in [2.75, 3.05) is 19.4 Å². The number of carbonyl (C=O) groups is 3. The third kappa shape index (κ3) is 3.54. The number of carbonyl (C=O) groups excluding carboxylic acids is 3. The van der Waals surface area contributed by atoms with Gasteiger partial charge < -0.3 is 36.6 Å². The van der Waals surface area contributed by atoms with Crippen LogP contribution in [0, 0.1) is 25.7 Å². The summed E-state index contributed by atoms with van der Waals surface area (Å²) in [6.45, 7) is 5.41. The highest BCUT2D eigenvalue weighted by Crippen LogP contribution is 2.56. The number of nitrogens with zero attached hydrogens (tertiary/aromatic N) is 2. The molecule has 0 spiro atoms. The first kappa shape index (κ1) is 27.8. The van der Waals surface area contributed by atoms with Crippen molar-refractivity contribution in [1.82, 2.24) is 9.88 Å². The summed E-state index contributed by atoms with van der Waals surface area (Å²) < 4.78 is 0. The van der Waals surface area contributed by atoms with Gasteiger partial charge in [0.2, 0.25) is 5.78 Å². The predicted octanol–water partition coefficient (Wildman–Crippen LogP) is 1.31. The average Bonchev–Trinajstić information content (AvgIpc) is 3.18. The number of hydrogen-bond acceptors (Lipinski definition) is 12. The van der Waals surface area contributed by atoms with Gasteiger partial charge in [-0.15, -0.1) is 11.3 Å². The molecule has 3 aliphatic rings. The number of nitrogens with two attached hydrogens (primary N) is 1. The number of hydrogen-bond donors (Lipinski definition) is 7. The number of fused-ring (bicyclic) bond motifs is 3. The minimum atomic E-state index is -2.95. The minimum absolute atomic E-state index is 0.0917. The molecule has 2 unspecified atom stereocenters. The number of phenols is 1. The first-order chi connectivity index (χ1) is 18.6. The summed E-state index contributed by atoms with van der Waals surface area (Å²) in [4.78, 5) is 46.1. The number of benzene rings is 1. The molecule has 12 nitrogen and oxygen atoms in total. The van der Waals surface area contributed by atoms with Crippen LogP contribution in [0.5, 0.6) is 5.75 Å². The van der Waals surface area contributed by atoms with Crippen molar-refractivity contribution in [2.24, 2.45) is 17.6 Å². The zero-order chi connectivity index (χ0) is 29.6. The molecule has 0 bridgehead atoms. The van der Waals surface area contributed by atoms with E-state index in [0.29, 0.717) is 10.7 Å². The predicted molar refractivity (Wildman–Crippen MR) is 145 cm³/mol. The highest BCUT2D eigenvalue weighted by Gasteiger charge is 2.68. The van der Waals surface area contributed by atoms with E-state index >= 15 is 0 Å². The van der Waals surface area contributed by atoms with E-state index in [9.17, 15) is 39.9 Å². The van der Waals surface area contributed by atoms with E-state index in [1.807, 2.05) is 13.8 Å². The SMILES string of the molecule is Cc1nc(Nc2ccc3c(c2O)C(O)=C2C(=O)[C@]4(O)C(O)=C(C(N)=O)C(=O)[C@@H](N(C)C)C4[C@@H](O)C2[C@H]3C)sc1C. The van der Waals surface area contributed by atoms with Crippen LogP contribution in [-0.2, 0) is 14.4 Å². The fourth-order valence-electron chi connectivity index (χ4n) is 6.36. The molecule has 1 fully saturated rings. The molecule has 6 atom stereocenters. The second-order valence-electron chi connectivity index (χ2n) is 10.8. The summed E-state index contributed by atoms with van der Waals surface area (Å²) in [7, 11) is 2.92. The molecule has 0 saturated heterocycles. The van der Waals surface area contributed by atoms with Crippen molar-refractivity contribution in [3.63, 3.8) is 0 Å². The number of aromatic nitrogens is 1. The summed E-state index contributed by atoms with van der Waals surface area (Å²) in [5.74, 6) is -9.27. The number of amides is 1. The molecule has 5 rings (SSSR count). The Balaban J connectivity index is 1.72. The van der Waals surface area contributed by atoms with Crippen molar-refractivity contribution >= 4 is 45.4 Å². The number of thiazole rings is 1. The maximum atomic E-state index is 14.0. The largest absolute Gasteiger partial charge is 0.508 e. The highest BCUT2D eigenvalue weighted by atomic mass is 32.1. The highest BCUT2D eigenvalue weighted by molar-refractivity contribution is 7.15. The minimum Gasteiger partial charge on any atom is -0.508 e. The first-order valence-corrected chi connectivity index (χ1v) is 13.4. The van der Waals surface area contributed by atoms with Crippen LogP contribution in [0.3, 0.4) is 0 Å². The average molecular weight is 571 g/mol. The molecule has 1 amide bonds. The standard InChI is InChI=1S/C27H30N4O8S/c1-8-11-6-7-12(30-26-29-9(2)10(3)40-26)19(32)14(11)20(33)15-13(8)21(34)17-18(31(4)5)22(35)16(25(28)38)24(37)27(17,39)23(15)36/h6-8,13,17-18,21,32-34,37,39H,1-5H3,(H2,28,38)(H,29,30)/t8-,13?,17?,18-,21-,27-/m0/s1. The Kier molecular flexibility index (Phi) is 6.34. The summed E-state index contributed by atoms with van der Waals surface area (Å²) in [6, 6.07) is 1.83. The Bertz CT molecular complexity index is 1540. The monoisotopic (exact) mass is 570 g/mol. The van der Waals surface area contributed by atoms with E-state index in [4.69, 9.17) is 5.73 Å². The zero-order valence-electron chi connectivity index (χ0n) is 22.4. The van der Waals surface area contributed by atoms with Gasteiger partial charge in [0.05, 0.1) is 35.0 Å². The lowest BCUT2D eigenvalue weighted by atomic mass is 9.54. The van der Waals surface area contributed by atoms with Gasteiger partial charge in [-0.1, -0.05) is 13.0 Å². The van der Waals surface area contributed by atoms with E-state index in [1.165, 1.54) is 30.3 Å². The third-order valence-corrected chi connectivity index (χ3v) is 9.39. The molecule has 3 aliphatic carbocycles. The quantitative estimate of drug-likeness (QED) is 0.206. The molecule has 1 heterocycles. The van der Waals surface area contributed by atoms with Gasteiger partial charge in [-0.3, -0.25) is 19.3 Å². The molecular formula is C27H30N4O8S. The molecule has 40 heavy (non-hydrogen) atoms. The van der Waals surface area contributed by atoms with Gasteiger partial charge in [0, 0.05) is 16.4 Å². The summed E-state index contributed by atoms with van der Waals surface area (Å²) >= 11 is 1.36. The van der Waals surface area contributed by atoms with Crippen molar-refractivity contribution in [3.8, 4) is 5.75 Å². The molecule has 1 aromatic heterocycles. The summed E-state index contributed by atoms with van der Waals surface area (Å²) in [5.41, 5.74) is 2.31. The topological polar surface area (TPSA) is 207 Å². The van der Waals surface area contributed by atoms with Gasteiger partial charge in [0.15, 0.2) is 16.5 Å². The molecule has 13 heteroatoms. The maximum absolute atomic E-state index is 14.0. The van der Waals surface area contributed by atoms with Crippen LogP contribution in [0.25, 0.3) is 5.76 Å². The second-order valence-corrected chi connectivity index (χ2v) is 12.0. The number of rotatable bonds is 4. The first-order valence-electron chi connectivity index (χ1n) is 12.5. The number of aryl methyl sites for hydroxylation is 2. The van der Waals surface area contributed by atoms with Gasteiger partial charge in [0.1, 0.15) is 22.8 Å². The van der Waals surface area contributed by atoms with E-state index in [-0.39, 0.29) is 11.3 Å². The number of ketones is 2. The molecule has 0 aliphatic heterocycles. The lowest BCUT2D eigenvalue weighted by Crippen LogP contribution is -2.70. The molecule has 2 aromatic rings. The number of Topliss-reactive ketones (excluding diaryl/α,β-unsaturated/α-hetero) is 2. The number of likely N-dealkylation sites (N-methyl/N-ethyl adjacent to an activating group) is 1. The van der Waals surface area contributed by atoms with Crippen LogP contribution in [0.4, 0.5) is 10.8 Å². The Labute approximate surface area is 233 Å². The third-order valence-electron chi connectivity index (χ3n) is 8.40. The van der Waals surface area contributed by atoms with Crippen molar-refractivity contribution < 1.29 is 39.9 Å². The summed E-state index contributed by atoms with van der Waals surface area (Å²) in [5, 5.41) is 60.6. The Morgan fingerprint density at radius 1 is 1.18 bits per heavy atom. The number of aromatic hydroxyl groups is 1. The lowest BCUT2D eigenvalue weighted by molar-refractivity contribution is -0.169. The van der Waals surface area contributed by atoms with Gasteiger partial charge in [-0.05, 0) is 45.5 Å². The number of nitrogens with one attached hydrogen (secondary N) is 1. The van der Waals surface area contributed by atoms with E-state index < -0.39 is 81.4 Å². The lowest BCUT2D eigenvalue weighted by Gasteiger charge is -2.53. The fourth-order valence-corrected chi connectivity index (χ4v) is 7.19. The van der Waals surface area contributed by atoms with Crippen LogP contribution in [0.2, 0.25) is 0 Å². The van der Waals surface area contributed by atoms with Gasteiger partial charge in [0.25, 0.3) is 5.91 Å². The van der Waals surface area contributed by atoms with Crippen LogP contribution in [0.15, 0.2) is 29.0 Å². The maximum Gasteiger partial charge on any atom is 0.255 e. The second kappa shape index (κ2) is 9.13. The molecule has 0 radical (unpaired) electrons. The number of aliphatic hydroxyl groups excluding tert-OH is 3. The smallest absolute Gasteiger partial charge is 0.255 e. The van der Waals surface area contributed by atoms with Gasteiger partial charge in [-0.25, -0.2) is 4.98 Å². The zero-order valence-corrected chi connectivity index (χ0v) is 23.2. The molecule has 212 valence electrons. The van der Waals surface area contributed by atoms with E-state index in [0.717, 1.165) is 10.6 Å². The molecular weight excluding hydrogens is 540 g/mol. The summed E-state index contributed by atoms with van der Waals surface area (Å²) in [6.07, 6.45) is -1.64. The van der Waals surface area contributed by atoms with Crippen LogP contribution in [-0.4, -0.2) is 84.7 Å². The normalized spacial score (nSPS) is 29.9. The van der Waals surface area contributed by atoms with Crippen molar-refractivity contribution in [3.05, 3.63) is 50.7 Å². The molecule has 1 saturated carbocycles. The molecule has 1 aromatic carbocycles. The number of phenolic OH excluding ortho intramolecular Hbond substituents is 1. The number of aliphatic hydroxyl groups is 4. The van der Waals surface area contributed by atoms with Crippen molar-refractivity contribution in [2.45, 2.75) is 44.4 Å². The van der Waals surface area contributed by atoms with Crippen LogP contribution < -0.4 is 11.1 Å². The van der Waals surface area contributed by atoms with Crippen LogP contribution >= 0.6 is 11.3 Å². The van der Waals surface area contributed by atoms with E-state index in [1.54, 1.807) is 19.1 Å². The fraction of sp³-hybridized carbons (Fsp3) is 0.407. The number of primary amides is 1. The Morgan fingerprint density at radius 3 is 2.38 bits per heavy atom. The number of anilines is 2. The van der Waals surface area contributed by atoms with Crippen molar-refractivity contribution in [1.29, 1.82) is 0 Å². The van der Waals surface area contributed by atoms with Crippen LogP contribution in [0.1, 0.15) is 34.5 Å². The van der Waals surface area contributed by atoms with Gasteiger partial charge in [-0.2, -0.15) is 0 Å². The van der Waals surface area contributed by atoms with Gasteiger partial charge >= 0.3 is 0 Å². The Hall–Kier alpha value is -3.78. The molecule has 8 N–H and O–H groups in total. The van der Waals surface area contributed by atoms with E-state index in [2.05, 4.69) is 10.3 Å².